The summed E-state index contributed by atoms with van der Waals surface area (Å²) in [6.07, 6.45) is 14.0. The van der Waals surface area contributed by atoms with E-state index in [1.165, 1.54) is 0 Å². The zero-order chi connectivity index (χ0) is 19.7. The molecule has 0 fully saturated rings. The van der Waals surface area contributed by atoms with Gasteiger partial charge in [0.25, 0.3) is 0 Å². The molecular weight excluding hydrogens is 468 g/mol. The zero-order valence-electron chi connectivity index (χ0n) is 14.4. The van der Waals surface area contributed by atoms with Crippen LogP contribution in [0.4, 0.5) is 0 Å². The van der Waals surface area contributed by atoms with E-state index >= 15 is 0 Å². The first-order chi connectivity index (χ1) is 13.4. The summed E-state index contributed by atoms with van der Waals surface area (Å²) >= 11 is -0.346. The molecule has 0 spiro atoms. The van der Waals surface area contributed by atoms with Crippen LogP contribution in [0.15, 0.2) is 122 Å². The maximum atomic E-state index is 4.85. The molecule has 0 saturated heterocycles. The van der Waals surface area contributed by atoms with Crippen LogP contribution in [-0.4, -0.2) is 19.9 Å². The van der Waals surface area contributed by atoms with Gasteiger partial charge in [-0.15, -0.1) is 0 Å². The summed E-state index contributed by atoms with van der Waals surface area (Å²) in [5.74, 6) is 0. The smallest absolute Gasteiger partial charge is 0.0267 e. The SMILES string of the molecule is [Cl][Ru][Cl].c1ccncc1.c1ccncc1.c1ccncc1.c1ccncc1. The standard InChI is InChI=1S/4C5H5N.2ClH.Ru/c4*1-2-4-6-5-3-1;;;/h4*1-5H;2*1H;/q;;;;;;+2/p-2. The average Bonchev–Trinajstić information content (AvgIpc) is 2.80. The first kappa shape index (κ1) is 24.8. The Bertz CT molecular complexity index is 461. The van der Waals surface area contributed by atoms with Gasteiger partial charge in [0.2, 0.25) is 0 Å². The van der Waals surface area contributed by atoms with Gasteiger partial charge in [-0.3, -0.25) is 19.9 Å². The van der Waals surface area contributed by atoms with Crippen LogP contribution in [-0.2, 0) is 15.1 Å². The Kier molecular flexibility index (Phi) is 21.9. The molecule has 0 unspecified atom stereocenters. The molecule has 0 bridgehead atoms. The second kappa shape index (κ2) is 23.8. The molecule has 0 aliphatic carbocycles. The molecular formula is C20H20Cl2N4Ru. The van der Waals surface area contributed by atoms with Crippen molar-refractivity contribution in [3.05, 3.63) is 122 Å². The van der Waals surface area contributed by atoms with E-state index in [1.807, 2.05) is 72.8 Å². The number of halogens is 2. The Balaban J connectivity index is 0.000000319. The van der Waals surface area contributed by atoms with Crippen LogP contribution in [0.5, 0.6) is 0 Å². The molecule has 27 heavy (non-hydrogen) atoms. The van der Waals surface area contributed by atoms with Crippen molar-refractivity contribution in [2.75, 3.05) is 0 Å². The number of aromatic nitrogens is 4. The van der Waals surface area contributed by atoms with Crippen molar-refractivity contribution in [1.29, 1.82) is 0 Å². The number of hydrogen-bond donors (Lipinski definition) is 0. The number of nitrogens with zero attached hydrogens (tertiary/aromatic N) is 4. The van der Waals surface area contributed by atoms with Crippen molar-refractivity contribution in [1.82, 2.24) is 19.9 Å². The second-order valence-electron chi connectivity index (χ2n) is 4.15. The van der Waals surface area contributed by atoms with Crippen LogP contribution < -0.4 is 0 Å². The molecule has 142 valence electrons. The summed E-state index contributed by atoms with van der Waals surface area (Å²) in [5.41, 5.74) is 0. The quantitative estimate of drug-likeness (QED) is 0.298. The Morgan fingerprint density at radius 2 is 0.481 bits per heavy atom. The van der Waals surface area contributed by atoms with Gasteiger partial charge < -0.3 is 0 Å². The van der Waals surface area contributed by atoms with E-state index in [4.69, 9.17) is 19.4 Å². The van der Waals surface area contributed by atoms with E-state index in [0.29, 0.717) is 0 Å². The van der Waals surface area contributed by atoms with Crippen LogP contribution in [0.2, 0.25) is 0 Å². The Morgan fingerprint density at radius 1 is 0.333 bits per heavy atom. The van der Waals surface area contributed by atoms with Gasteiger partial charge in [0.1, 0.15) is 0 Å². The fourth-order valence-electron chi connectivity index (χ4n) is 1.25. The molecule has 0 saturated carbocycles. The number of rotatable bonds is 0. The summed E-state index contributed by atoms with van der Waals surface area (Å²) in [7, 11) is 9.71. The van der Waals surface area contributed by atoms with E-state index in [2.05, 4.69) is 19.9 Å². The van der Waals surface area contributed by atoms with Crippen molar-refractivity contribution in [2.45, 2.75) is 0 Å². The van der Waals surface area contributed by atoms with Crippen LogP contribution in [0.3, 0.4) is 0 Å². The third-order valence-corrected chi connectivity index (χ3v) is 2.27. The third-order valence-electron chi connectivity index (χ3n) is 2.27. The molecule has 4 aromatic heterocycles. The predicted molar refractivity (Wildman–Crippen MR) is 109 cm³/mol. The predicted octanol–water partition coefficient (Wildman–Crippen LogP) is 5.70. The van der Waals surface area contributed by atoms with Gasteiger partial charge in [0, 0.05) is 49.6 Å². The van der Waals surface area contributed by atoms with Gasteiger partial charge >= 0.3 is 34.5 Å². The molecule has 0 N–H and O–H groups in total. The van der Waals surface area contributed by atoms with Gasteiger partial charge in [0.15, 0.2) is 0 Å². The Labute approximate surface area is 176 Å². The largest absolute Gasteiger partial charge is 0.265 e. The molecule has 4 rings (SSSR count). The zero-order valence-corrected chi connectivity index (χ0v) is 17.7. The number of pyridine rings is 4. The fraction of sp³-hybridized carbons (Fsp3) is 0. The summed E-state index contributed by atoms with van der Waals surface area (Å²) < 4.78 is 0. The van der Waals surface area contributed by atoms with Gasteiger partial charge in [-0.2, -0.15) is 0 Å². The van der Waals surface area contributed by atoms with Crippen molar-refractivity contribution >= 4 is 19.4 Å². The van der Waals surface area contributed by atoms with Crippen molar-refractivity contribution in [3.63, 3.8) is 0 Å². The van der Waals surface area contributed by atoms with Gasteiger partial charge in [-0.05, 0) is 48.5 Å². The van der Waals surface area contributed by atoms with E-state index in [9.17, 15) is 0 Å². The molecule has 4 nitrogen and oxygen atoms in total. The van der Waals surface area contributed by atoms with Gasteiger partial charge in [-0.25, -0.2) is 0 Å². The van der Waals surface area contributed by atoms with E-state index in [-0.39, 0.29) is 15.1 Å². The van der Waals surface area contributed by atoms with E-state index < -0.39 is 0 Å². The molecule has 0 aromatic carbocycles. The Hall–Kier alpha value is -2.20. The monoisotopic (exact) mass is 488 g/mol. The summed E-state index contributed by atoms with van der Waals surface area (Å²) in [6, 6.07) is 22.9. The van der Waals surface area contributed by atoms with Gasteiger partial charge in [0.05, 0.1) is 0 Å². The first-order valence-corrected chi connectivity index (χ1v) is 12.1. The minimum Gasteiger partial charge on any atom is -0.265 e. The minimum absolute atomic E-state index is 0.346. The molecule has 0 radical (unpaired) electrons. The van der Waals surface area contributed by atoms with Crippen molar-refractivity contribution in [3.8, 4) is 0 Å². The van der Waals surface area contributed by atoms with Crippen LogP contribution >= 0.6 is 19.4 Å². The normalized spacial score (nSPS) is 7.93. The molecule has 4 aromatic rings. The molecule has 0 aliphatic heterocycles. The topological polar surface area (TPSA) is 51.6 Å². The molecule has 7 heteroatoms. The maximum Gasteiger partial charge on any atom is 0.0267 e. The maximum absolute atomic E-state index is 4.85. The van der Waals surface area contributed by atoms with Crippen molar-refractivity contribution < 1.29 is 15.1 Å². The molecule has 4 heterocycles. The van der Waals surface area contributed by atoms with Crippen LogP contribution in [0.25, 0.3) is 0 Å². The van der Waals surface area contributed by atoms with E-state index in [0.717, 1.165) is 0 Å². The van der Waals surface area contributed by atoms with Gasteiger partial charge in [-0.1, -0.05) is 24.3 Å². The first-order valence-electron chi connectivity index (χ1n) is 7.67. The fourth-order valence-corrected chi connectivity index (χ4v) is 1.25. The third kappa shape index (κ3) is 23.8. The van der Waals surface area contributed by atoms with Crippen molar-refractivity contribution in [2.24, 2.45) is 0 Å². The minimum atomic E-state index is -0.346. The molecule has 0 atom stereocenters. The average molecular weight is 488 g/mol. The molecule has 0 aliphatic rings. The summed E-state index contributed by atoms with van der Waals surface area (Å²) in [6.45, 7) is 0. The van der Waals surface area contributed by atoms with Crippen LogP contribution in [0.1, 0.15) is 0 Å². The van der Waals surface area contributed by atoms with E-state index in [1.54, 1.807) is 49.6 Å². The second-order valence-corrected chi connectivity index (χ2v) is 6.79. The number of hydrogen-bond acceptors (Lipinski definition) is 4. The Morgan fingerprint density at radius 3 is 0.519 bits per heavy atom. The summed E-state index contributed by atoms with van der Waals surface area (Å²) in [4.78, 5) is 15.1. The van der Waals surface area contributed by atoms with Crippen LogP contribution in [0, 0.1) is 0 Å². The molecule has 0 amide bonds. The summed E-state index contributed by atoms with van der Waals surface area (Å²) in [5, 5.41) is 0.